The van der Waals surface area contributed by atoms with Gasteiger partial charge in [-0.05, 0) is 30.9 Å². The van der Waals surface area contributed by atoms with Crippen molar-refractivity contribution < 1.29 is 0 Å². The van der Waals surface area contributed by atoms with Gasteiger partial charge in [-0.1, -0.05) is 47.6 Å². The lowest BCUT2D eigenvalue weighted by molar-refractivity contribution is 0.390. The smallest absolute Gasteiger partial charge is 0.0460 e. The summed E-state index contributed by atoms with van der Waals surface area (Å²) in [6.45, 7) is 15.1. The Morgan fingerprint density at radius 1 is 1.19 bits per heavy atom. The van der Waals surface area contributed by atoms with Crippen LogP contribution in [0.5, 0.6) is 0 Å². The molecule has 0 aliphatic rings. The van der Waals surface area contributed by atoms with E-state index in [9.17, 15) is 0 Å². The Hall–Kier alpha value is -0.850. The van der Waals surface area contributed by atoms with Gasteiger partial charge in [0.25, 0.3) is 0 Å². The zero-order valence-corrected chi connectivity index (χ0v) is 12.0. The van der Waals surface area contributed by atoms with Crippen molar-refractivity contribution in [3.05, 3.63) is 29.6 Å². The van der Waals surface area contributed by atoms with Gasteiger partial charge in [0, 0.05) is 17.3 Å². The average Bonchev–Trinajstić information content (AvgIpc) is 2.19. The minimum Gasteiger partial charge on any atom is -0.260 e. The van der Waals surface area contributed by atoms with E-state index >= 15 is 0 Å². The van der Waals surface area contributed by atoms with Crippen LogP contribution in [0.1, 0.15) is 59.2 Å². The fraction of sp³-hybridized carbons (Fsp3) is 0.667. The van der Waals surface area contributed by atoms with Crippen molar-refractivity contribution in [2.45, 2.75) is 60.3 Å². The highest BCUT2D eigenvalue weighted by Gasteiger charge is 2.22. The van der Waals surface area contributed by atoms with Gasteiger partial charge in [0.2, 0.25) is 0 Å². The molecule has 1 aromatic rings. The van der Waals surface area contributed by atoms with Crippen molar-refractivity contribution >= 4 is 0 Å². The maximum Gasteiger partial charge on any atom is 0.0460 e. The lowest BCUT2D eigenvalue weighted by Gasteiger charge is -2.26. The quantitative estimate of drug-likeness (QED) is 0.718. The molecule has 0 saturated carbocycles. The van der Waals surface area contributed by atoms with Gasteiger partial charge >= 0.3 is 0 Å². The minimum atomic E-state index is 0.196. The number of pyridine rings is 1. The van der Waals surface area contributed by atoms with Gasteiger partial charge in [0.05, 0.1) is 0 Å². The Morgan fingerprint density at radius 3 is 2.12 bits per heavy atom. The molecule has 0 aliphatic heterocycles. The Labute approximate surface area is 101 Å². The van der Waals surface area contributed by atoms with E-state index in [0.29, 0.717) is 5.92 Å². The summed E-state index contributed by atoms with van der Waals surface area (Å²) >= 11 is 0. The third-order valence-corrected chi connectivity index (χ3v) is 2.52. The maximum absolute atomic E-state index is 4.50. The zero-order chi connectivity index (χ0) is 12.8. The van der Waals surface area contributed by atoms with Gasteiger partial charge in [0.15, 0.2) is 0 Å². The molecule has 1 heterocycles. The first kappa shape index (κ1) is 15.2. The average molecular weight is 221 g/mol. The van der Waals surface area contributed by atoms with Crippen molar-refractivity contribution in [1.29, 1.82) is 0 Å². The molecule has 0 unspecified atom stereocenters. The normalized spacial score (nSPS) is 11.0. The monoisotopic (exact) mass is 221 g/mol. The van der Waals surface area contributed by atoms with Gasteiger partial charge in [-0.3, -0.25) is 4.98 Å². The summed E-state index contributed by atoms with van der Waals surface area (Å²) in [5.41, 5.74) is 2.63. The predicted octanol–water partition coefficient (Wildman–Crippen LogP) is 4.74. The van der Waals surface area contributed by atoms with Crippen LogP contribution < -0.4 is 0 Å². The maximum atomic E-state index is 4.50. The lowest BCUT2D eigenvalue weighted by Crippen LogP contribution is -2.21. The molecule has 0 fully saturated rings. The summed E-state index contributed by atoms with van der Waals surface area (Å²) in [6.07, 6.45) is 3.14. The van der Waals surface area contributed by atoms with Gasteiger partial charge < -0.3 is 0 Å². The topological polar surface area (TPSA) is 12.9 Å². The summed E-state index contributed by atoms with van der Waals surface area (Å²) in [4.78, 5) is 4.50. The first-order valence-electron chi connectivity index (χ1n) is 6.35. The molecule has 0 radical (unpaired) electrons. The number of hydrogen-bond donors (Lipinski definition) is 0. The van der Waals surface area contributed by atoms with E-state index in [2.05, 4.69) is 51.7 Å². The van der Waals surface area contributed by atoms with E-state index in [4.69, 9.17) is 0 Å². The molecule has 16 heavy (non-hydrogen) atoms. The molecular weight excluding hydrogens is 194 g/mol. The van der Waals surface area contributed by atoms with Crippen LogP contribution in [0.25, 0.3) is 0 Å². The second kappa shape index (κ2) is 6.67. The number of hydrogen-bond acceptors (Lipinski definition) is 1. The van der Waals surface area contributed by atoms with Crippen LogP contribution >= 0.6 is 0 Å². The summed E-state index contributed by atoms with van der Waals surface area (Å²) in [7, 11) is 0. The summed E-state index contributed by atoms with van der Waals surface area (Å²) < 4.78 is 0. The molecule has 0 saturated heterocycles. The second-order valence-corrected chi connectivity index (χ2v) is 5.20. The summed E-state index contributed by atoms with van der Waals surface area (Å²) in [5.74, 6) is 0.716. The molecular formula is C15H27N. The third kappa shape index (κ3) is 4.78. The first-order chi connectivity index (χ1) is 7.42. The molecule has 0 aliphatic carbocycles. The number of rotatable bonds is 3. The van der Waals surface area contributed by atoms with Crippen molar-refractivity contribution in [1.82, 2.24) is 4.98 Å². The van der Waals surface area contributed by atoms with Gasteiger partial charge in [-0.15, -0.1) is 0 Å². The molecule has 1 aromatic heterocycles. The number of nitrogens with zero attached hydrogens (tertiary/aromatic N) is 1. The van der Waals surface area contributed by atoms with Crippen LogP contribution in [0.3, 0.4) is 0 Å². The Bertz CT molecular complexity index is 283. The van der Waals surface area contributed by atoms with Gasteiger partial charge in [0.1, 0.15) is 0 Å². The van der Waals surface area contributed by atoms with Crippen molar-refractivity contribution in [2.75, 3.05) is 0 Å². The van der Waals surface area contributed by atoms with E-state index in [1.54, 1.807) is 0 Å². The van der Waals surface area contributed by atoms with Crippen LogP contribution in [-0.2, 0) is 5.41 Å². The number of aromatic nitrogens is 1. The largest absolute Gasteiger partial charge is 0.260 e. The molecule has 92 valence electrons. The molecule has 0 atom stereocenters. The molecule has 0 bridgehead atoms. The fourth-order valence-corrected chi connectivity index (χ4v) is 1.99. The van der Waals surface area contributed by atoms with E-state index in [1.807, 2.05) is 20.0 Å². The Balaban J connectivity index is 0.00000106. The lowest BCUT2D eigenvalue weighted by atomic mass is 9.81. The Morgan fingerprint density at radius 2 is 1.75 bits per heavy atom. The van der Waals surface area contributed by atoms with Gasteiger partial charge in [-0.2, -0.15) is 0 Å². The highest BCUT2D eigenvalue weighted by molar-refractivity contribution is 5.18. The summed E-state index contributed by atoms with van der Waals surface area (Å²) in [6, 6.07) is 4.29. The highest BCUT2D eigenvalue weighted by Crippen LogP contribution is 2.28. The minimum absolute atomic E-state index is 0.196. The van der Waals surface area contributed by atoms with E-state index < -0.39 is 0 Å². The Kier molecular flexibility index (Phi) is 6.32. The highest BCUT2D eigenvalue weighted by atomic mass is 14.7. The van der Waals surface area contributed by atoms with Crippen LogP contribution in [0.4, 0.5) is 0 Å². The molecule has 0 spiro atoms. The van der Waals surface area contributed by atoms with E-state index in [0.717, 1.165) is 0 Å². The fourth-order valence-electron chi connectivity index (χ4n) is 1.99. The van der Waals surface area contributed by atoms with Crippen LogP contribution in [-0.4, -0.2) is 4.98 Å². The molecule has 0 aromatic carbocycles. The number of aryl methyl sites for hydroxylation is 1. The predicted molar refractivity (Wildman–Crippen MR) is 72.8 cm³/mol. The standard InChI is InChI=1S/C13H21N.C2H6/c1-10(2)8-13(4,5)12-7-6-11(3)9-14-12;1-2/h6-7,9-10H,8H2,1-5H3;1-2H3. The molecule has 0 N–H and O–H groups in total. The van der Waals surface area contributed by atoms with Crippen LogP contribution in [0.15, 0.2) is 18.3 Å². The van der Waals surface area contributed by atoms with Crippen molar-refractivity contribution in [3.8, 4) is 0 Å². The zero-order valence-electron chi connectivity index (χ0n) is 12.0. The third-order valence-electron chi connectivity index (χ3n) is 2.52. The van der Waals surface area contributed by atoms with Crippen molar-refractivity contribution in [2.24, 2.45) is 5.92 Å². The SMILES string of the molecule is CC.Cc1ccc(C(C)(C)CC(C)C)nc1. The van der Waals surface area contributed by atoms with E-state index in [1.165, 1.54) is 17.7 Å². The van der Waals surface area contributed by atoms with E-state index in [-0.39, 0.29) is 5.41 Å². The van der Waals surface area contributed by atoms with Crippen LogP contribution in [0.2, 0.25) is 0 Å². The van der Waals surface area contributed by atoms with Crippen LogP contribution in [0, 0.1) is 12.8 Å². The summed E-state index contributed by atoms with van der Waals surface area (Å²) in [5, 5.41) is 0. The molecule has 1 rings (SSSR count). The molecule has 1 heteroatoms. The first-order valence-corrected chi connectivity index (χ1v) is 6.35. The molecule has 0 amide bonds. The van der Waals surface area contributed by atoms with Crippen molar-refractivity contribution in [3.63, 3.8) is 0 Å². The second-order valence-electron chi connectivity index (χ2n) is 5.20. The van der Waals surface area contributed by atoms with Gasteiger partial charge in [-0.25, -0.2) is 0 Å². The molecule has 1 nitrogen and oxygen atoms in total.